The molecule has 1 aliphatic rings. The second-order valence-corrected chi connectivity index (χ2v) is 3.63. The van der Waals surface area contributed by atoms with Gasteiger partial charge in [-0.3, -0.25) is 0 Å². The van der Waals surface area contributed by atoms with Crippen LogP contribution >= 0.6 is 0 Å². The molecule has 14 heavy (non-hydrogen) atoms. The van der Waals surface area contributed by atoms with Crippen LogP contribution in [0.2, 0.25) is 0 Å². The standard InChI is InChI=1S/C11H18O3/c1-4-5-6-9-7(2)8(3)10(12)11(13)14-9/h11-13H,4-6H2,1-3H3. The van der Waals surface area contributed by atoms with Gasteiger partial charge in [-0.25, -0.2) is 0 Å². The van der Waals surface area contributed by atoms with Crippen LogP contribution in [0, 0.1) is 0 Å². The van der Waals surface area contributed by atoms with Crippen LogP contribution in [-0.2, 0) is 4.74 Å². The highest BCUT2D eigenvalue weighted by Gasteiger charge is 2.23. The van der Waals surface area contributed by atoms with E-state index < -0.39 is 6.29 Å². The Bertz CT molecular complexity index is 276. The number of ether oxygens (including phenoxy) is 1. The summed E-state index contributed by atoms with van der Waals surface area (Å²) in [4.78, 5) is 0. The van der Waals surface area contributed by atoms with Crippen molar-refractivity contribution < 1.29 is 14.9 Å². The summed E-state index contributed by atoms with van der Waals surface area (Å²) in [5, 5.41) is 18.8. The lowest BCUT2D eigenvalue weighted by atomic mass is 10.0. The monoisotopic (exact) mass is 198 g/mol. The minimum Gasteiger partial charge on any atom is -0.506 e. The van der Waals surface area contributed by atoms with Gasteiger partial charge in [0.15, 0.2) is 5.76 Å². The van der Waals surface area contributed by atoms with Gasteiger partial charge in [0.2, 0.25) is 0 Å². The van der Waals surface area contributed by atoms with Crippen LogP contribution in [0.3, 0.4) is 0 Å². The van der Waals surface area contributed by atoms with Crippen molar-refractivity contribution in [1.29, 1.82) is 0 Å². The third kappa shape index (κ3) is 2.10. The zero-order valence-electron chi connectivity index (χ0n) is 9.00. The summed E-state index contributed by atoms with van der Waals surface area (Å²) in [6, 6.07) is 0. The van der Waals surface area contributed by atoms with Gasteiger partial charge in [-0.1, -0.05) is 13.3 Å². The van der Waals surface area contributed by atoms with Crippen LogP contribution in [0.25, 0.3) is 0 Å². The predicted octanol–water partition coefficient (Wildman–Crippen LogP) is 2.63. The molecular formula is C11H18O3. The fourth-order valence-electron chi connectivity index (χ4n) is 1.45. The second-order valence-electron chi connectivity index (χ2n) is 3.63. The number of unbranched alkanes of at least 4 members (excludes halogenated alkanes) is 1. The van der Waals surface area contributed by atoms with Gasteiger partial charge in [0.1, 0.15) is 5.76 Å². The molecule has 80 valence electrons. The topological polar surface area (TPSA) is 49.7 Å². The lowest BCUT2D eigenvalue weighted by Crippen LogP contribution is -2.21. The Labute approximate surface area is 84.7 Å². The van der Waals surface area contributed by atoms with E-state index in [1.165, 1.54) is 0 Å². The highest BCUT2D eigenvalue weighted by Crippen LogP contribution is 2.29. The molecule has 0 spiro atoms. The predicted molar refractivity (Wildman–Crippen MR) is 54.6 cm³/mol. The van der Waals surface area contributed by atoms with Crippen molar-refractivity contribution in [3.8, 4) is 0 Å². The minimum atomic E-state index is -1.18. The lowest BCUT2D eigenvalue weighted by molar-refractivity contribution is -0.0698. The van der Waals surface area contributed by atoms with Crippen LogP contribution in [0.1, 0.15) is 40.0 Å². The zero-order valence-corrected chi connectivity index (χ0v) is 9.00. The Kier molecular flexibility index (Phi) is 3.58. The molecule has 1 atom stereocenters. The molecule has 2 N–H and O–H groups in total. The van der Waals surface area contributed by atoms with E-state index in [0.29, 0.717) is 0 Å². The lowest BCUT2D eigenvalue weighted by Gasteiger charge is -2.24. The van der Waals surface area contributed by atoms with Gasteiger partial charge in [-0.15, -0.1) is 0 Å². The molecular weight excluding hydrogens is 180 g/mol. The van der Waals surface area contributed by atoms with Gasteiger partial charge < -0.3 is 14.9 Å². The molecule has 3 heteroatoms. The summed E-state index contributed by atoms with van der Waals surface area (Å²) in [6.07, 6.45) is 1.77. The maximum atomic E-state index is 9.43. The van der Waals surface area contributed by atoms with Gasteiger partial charge in [0.05, 0.1) is 0 Å². The van der Waals surface area contributed by atoms with Crippen molar-refractivity contribution >= 4 is 0 Å². The molecule has 0 aromatic heterocycles. The van der Waals surface area contributed by atoms with E-state index in [2.05, 4.69) is 6.92 Å². The first-order valence-corrected chi connectivity index (χ1v) is 5.02. The van der Waals surface area contributed by atoms with Crippen molar-refractivity contribution in [3.05, 3.63) is 22.7 Å². The highest BCUT2D eigenvalue weighted by molar-refractivity contribution is 5.35. The van der Waals surface area contributed by atoms with Crippen LogP contribution in [0.15, 0.2) is 22.7 Å². The molecule has 0 amide bonds. The first-order valence-electron chi connectivity index (χ1n) is 5.02. The highest BCUT2D eigenvalue weighted by atomic mass is 16.6. The summed E-state index contributed by atoms with van der Waals surface area (Å²) in [6.45, 7) is 5.81. The normalized spacial score (nSPS) is 22.7. The van der Waals surface area contributed by atoms with Crippen molar-refractivity contribution in [2.24, 2.45) is 0 Å². The van der Waals surface area contributed by atoms with Crippen molar-refractivity contribution in [1.82, 2.24) is 0 Å². The number of rotatable bonds is 3. The van der Waals surface area contributed by atoms with Crippen molar-refractivity contribution in [2.75, 3.05) is 0 Å². The van der Waals surface area contributed by atoms with Gasteiger partial charge in [-0.2, -0.15) is 0 Å². The number of aliphatic hydroxyl groups is 2. The van der Waals surface area contributed by atoms with Crippen LogP contribution in [0.4, 0.5) is 0 Å². The van der Waals surface area contributed by atoms with E-state index in [4.69, 9.17) is 4.74 Å². The number of hydrogen-bond donors (Lipinski definition) is 2. The Balaban J connectivity index is 2.84. The van der Waals surface area contributed by atoms with Gasteiger partial charge >= 0.3 is 0 Å². The first-order chi connectivity index (χ1) is 6.57. The van der Waals surface area contributed by atoms with Crippen LogP contribution < -0.4 is 0 Å². The van der Waals surface area contributed by atoms with Crippen LogP contribution in [0.5, 0.6) is 0 Å². The maximum absolute atomic E-state index is 9.43. The molecule has 0 aliphatic carbocycles. The van der Waals surface area contributed by atoms with E-state index in [9.17, 15) is 10.2 Å². The molecule has 0 aromatic carbocycles. The Morgan fingerprint density at radius 3 is 2.50 bits per heavy atom. The molecule has 1 heterocycles. The average Bonchev–Trinajstić information content (AvgIpc) is 2.18. The Hall–Kier alpha value is -0.960. The largest absolute Gasteiger partial charge is 0.506 e. The molecule has 0 aromatic rings. The first kappa shape index (κ1) is 11.1. The Morgan fingerprint density at radius 2 is 1.93 bits per heavy atom. The van der Waals surface area contributed by atoms with E-state index in [-0.39, 0.29) is 5.76 Å². The van der Waals surface area contributed by atoms with Gasteiger partial charge in [0.25, 0.3) is 6.29 Å². The van der Waals surface area contributed by atoms with Gasteiger partial charge in [0, 0.05) is 6.42 Å². The summed E-state index contributed by atoms with van der Waals surface area (Å²) >= 11 is 0. The summed E-state index contributed by atoms with van der Waals surface area (Å²) in [5.41, 5.74) is 1.68. The smallest absolute Gasteiger partial charge is 0.255 e. The molecule has 0 saturated heterocycles. The Morgan fingerprint density at radius 1 is 1.29 bits per heavy atom. The van der Waals surface area contributed by atoms with Crippen LogP contribution in [-0.4, -0.2) is 16.5 Å². The van der Waals surface area contributed by atoms with Crippen molar-refractivity contribution in [3.63, 3.8) is 0 Å². The minimum absolute atomic E-state index is 0.0669. The summed E-state index contributed by atoms with van der Waals surface area (Å²) < 4.78 is 5.21. The molecule has 3 nitrogen and oxygen atoms in total. The fourth-order valence-corrected chi connectivity index (χ4v) is 1.45. The third-order valence-corrected chi connectivity index (χ3v) is 2.61. The summed E-state index contributed by atoms with van der Waals surface area (Å²) in [7, 11) is 0. The molecule has 0 bridgehead atoms. The van der Waals surface area contributed by atoms with E-state index in [1.807, 2.05) is 6.92 Å². The molecule has 0 radical (unpaired) electrons. The number of aliphatic hydroxyl groups excluding tert-OH is 2. The summed E-state index contributed by atoms with van der Waals surface area (Å²) in [5.74, 6) is 0.734. The van der Waals surface area contributed by atoms with E-state index in [0.717, 1.165) is 36.2 Å². The zero-order chi connectivity index (χ0) is 10.7. The number of hydrogen-bond acceptors (Lipinski definition) is 3. The van der Waals surface area contributed by atoms with E-state index in [1.54, 1.807) is 6.92 Å². The SMILES string of the molecule is CCCCC1=C(C)C(C)=C(O)C(O)O1. The third-order valence-electron chi connectivity index (χ3n) is 2.61. The number of allylic oxidation sites excluding steroid dienone is 3. The molecule has 1 rings (SSSR count). The van der Waals surface area contributed by atoms with Gasteiger partial charge in [-0.05, 0) is 31.4 Å². The molecule has 0 saturated carbocycles. The quantitative estimate of drug-likeness (QED) is 0.733. The maximum Gasteiger partial charge on any atom is 0.255 e. The second kappa shape index (κ2) is 4.51. The molecule has 1 aliphatic heterocycles. The average molecular weight is 198 g/mol. The molecule has 1 unspecified atom stereocenters. The molecule has 0 fully saturated rings. The fraction of sp³-hybridized carbons (Fsp3) is 0.636. The van der Waals surface area contributed by atoms with E-state index >= 15 is 0 Å². The van der Waals surface area contributed by atoms with Crippen molar-refractivity contribution in [2.45, 2.75) is 46.3 Å².